The SMILES string of the molecule is Cc1ccc2n1CCN(C(=O)C1CC1C(=O)O)C2C. The second-order valence-corrected chi connectivity index (χ2v) is 5.55. The second-order valence-electron chi connectivity index (χ2n) is 5.55. The number of aryl methyl sites for hydroxylation is 1. The van der Waals surface area contributed by atoms with Gasteiger partial charge in [-0.3, -0.25) is 9.59 Å². The fraction of sp³-hybridized carbons (Fsp3) is 0.571. The number of fused-ring (bicyclic) bond motifs is 1. The molecule has 1 aromatic rings. The molecule has 5 nitrogen and oxygen atoms in total. The van der Waals surface area contributed by atoms with E-state index in [0.29, 0.717) is 13.0 Å². The van der Waals surface area contributed by atoms with Gasteiger partial charge in [0, 0.05) is 24.5 Å². The lowest BCUT2D eigenvalue weighted by molar-refractivity contribution is -0.143. The van der Waals surface area contributed by atoms with Gasteiger partial charge in [0.25, 0.3) is 0 Å². The zero-order valence-electron chi connectivity index (χ0n) is 11.2. The molecule has 19 heavy (non-hydrogen) atoms. The predicted octanol–water partition coefficient (Wildman–Crippen LogP) is 1.42. The van der Waals surface area contributed by atoms with Crippen LogP contribution >= 0.6 is 0 Å². The third-order valence-electron chi connectivity index (χ3n) is 4.40. The van der Waals surface area contributed by atoms with Crippen molar-refractivity contribution < 1.29 is 14.7 Å². The first-order valence-corrected chi connectivity index (χ1v) is 6.70. The summed E-state index contributed by atoms with van der Waals surface area (Å²) in [7, 11) is 0. The van der Waals surface area contributed by atoms with Gasteiger partial charge in [0.1, 0.15) is 0 Å². The van der Waals surface area contributed by atoms with Crippen LogP contribution in [0.25, 0.3) is 0 Å². The van der Waals surface area contributed by atoms with Crippen molar-refractivity contribution in [2.45, 2.75) is 32.9 Å². The minimum Gasteiger partial charge on any atom is -0.481 e. The van der Waals surface area contributed by atoms with E-state index < -0.39 is 11.9 Å². The Labute approximate surface area is 111 Å². The van der Waals surface area contributed by atoms with Crippen LogP contribution in [0.5, 0.6) is 0 Å². The molecule has 0 saturated heterocycles. The monoisotopic (exact) mass is 262 g/mol. The molecule has 102 valence electrons. The van der Waals surface area contributed by atoms with Gasteiger partial charge in [-0.2, -0.15) is 0 Å². The fourth-order valence-electron chi connectivity index (χ4n) is 3.08. The molecule has 0 radical (unpaired) electrons. The van der Waals surface area contributed by atoms with E-state index in [1.807, 2.05) is 11.8 Å². The van der Waals surface area contributed by atoms with E-state index in [1.54, 1.807) is 0 Å². The number of carbonyl (C=O) groups excluding carboxylic acids is 1. The lowest BCUT2D eigenvalue weighted by Gasteiger charge is -2.35. The molecule has 2 aliphatic rings. The molecule has 1 aliphatic carbocycles. The Morgan fingerprint density at radius 1 is 1.26 bits per heavy atom. The lowest BCUT2D eigenvalue weighted by atomic mass is 10.1. The largest absolute Gasteiger partial charge is 0.481 e. The number of hydrogen-bond acceptors (Lipinski definition) is 2. The molecule has 3 atom stereocenters. The van der Waals surface area contributed by atoms with Crippen molar-refractivity contribution in [1.82, 2.24) is 9.47 Å². The van der Waals surface area contributed by atoms with Gasteiger partial charge in [-0.15, -0.1) is 0 Å². The summed E-state index contributed by atoms with van der Waals surface area (Å²) < 4.78 is 2.23. The van der Waals surface area contributed by atoms with Crippen molar-refractivity contribution in [3.05, 3.63) is 23.5 Å². The van der Waals surface area contributed by atoms with E-state index in [1.165, 1.54) is 5.69 Å². The van der Waals surface area contributed by atoms with Crippen molar-refractivity contribution >= 4 is 11.9 Å². The summed E-state index contributed by atoms with van der Waals surface area (Å²) in [6.45, 7) is 5.55. The Hall–Kier alpha value is -1.78. The summed E-state index contributed by atoms with van der Waals surface area (Å²) in [6.07, 6.45) is 0.497. The first kappa shape index (κ1) is 12.3. The molecule has 1 amide bonds. The number of nitrogens with zero attached hydrogens (tertiary/aromatic N) is 2. The minimum absolute atomic E-state index is 0.00463. The van der Waals surface area contributed by atoms with E-state index in [4.69, 9.17) is 5.11 Å². The van der Waals surface area contributed by atoms with E-state index in [9.17, 15) is 9.59 Å². The van der Waals surface area contributed by atoms with Crippen molar-refractivity contribution in [1.29, 1.82) is 0 Å². The quantitative estimate of drug-likeness (QED) is 0.876. The summed E-state index contributed by atoms with van der Waals surface area (Å²) in [4.78, 5) is 25.1. The zero-order valence-corrected chi connectivity index (χ0v) is 11.2. The number of carboxylic acid groups (broad SMARTS) is 1. The molecule has 1 aliphatic heterocycles. The Kier molecular flexibility index (Phi) is 2.66. The predicted molar refractivity (Wildman–Crippen MR) is 68.5 cm³/mol. The molecule has 0 spiro atoms. The minimum atomic E-state index is -0.845. The Bertz CT molecular complexity index is 549. The molecule has 1 N–H and O–H groups in total. The Balaban J connectivity index is 1.78. The van der Waals surface area contributed by atoms with Gasteiger partial charge >= 0.3 is 5.97 Å². The molecule has 3 rings (SSSR count). The normalized spacial score (nSPS) is 28.9. The van der Waals surface area contributed by atoms with E-state index in [0.717, 1.165) is 12.2 Å². The maximum absolute atomic E-state index is 12.4. The maximum atomic E-state index is 12.4. The number of carbonyl (C=O) groups is 2. The highest BCUT2D eigenvalue weighted by atomic mass is 16.4. The molecule has 1 fully saturated rings. The van der Waals surface area contributed by atoms with Crippen molar-refractivity contribution in [2.24, 2.45) is 11.8 Å². The third kappa shape index (κ3) is 1.84. The number of rotatable bonds is 2. The molecule has 2 heterocycles. The van der Waals surface area contributed by atoms with E-state index >= 15 is 0 Å². The Morgan fingerprint density at radius 3 is 2.63 bits per heavy atom. The van der Waals surface area contributed by atoms with Gasteiger partial charge in [-0.1, -0.05) is 0 Å². The molecule has 3 unspecified atom stereocenters. The van der Waals surface area contributed by atoms with Crippen LogP contribution in [0.15, 0.2) is 12.1 Å². The first-order chi connectivity index (χ1) is 9.00. The topological polar surface area (TPSA) is 62.5 Å². The van der Waals surface area contributed by atoms with Gasteiger partial charge in [0.2, 0.25) is 5.91 Å². The van der Waals surface area contributed by atoms with Gasteiger partial charge in [-0.25, -0.2) is 0 Å². The lowest BCUT2D eigenvalue weighted by Crippen LogP contribution is -2.42. The van der Waals surface area contributed by atoms with Crippen LogP contribution in [0, 0.1) is 18.8 Å². The summed E-state index contributed by atoms with van der Waals surface area (Å²) in [5, 5.41) is 8.92. The summed E-state index contributed by atoms with van der Waals surface area (Å²) in [6, 6.07) is 4.16. The van der Waals surface area contributed by atoms with Crippen LogP contribution in [0.1, 0.15) is 30.8 Å². The highest BCUT2D eigenvalue weighted by Crippen LogP contribution is 2.42. The highest BCUT2D eigenvalue weighted by Gasteiger charge is 2.50. The van der Waals surface area contributed by atoms with Crippen molar-refractivity contribution in [2.75, 3.05) is 6.54 Å². The van der Waals surface area contributed by atoms with Crippen molar-refractivity contribution in [3.63, 3.8) is 0 Å². The summed E-state index contributed by atoms with van der Waals surface area (Å²) in [5.41, 5.74) is 2.36. The standard InChI is InChI=1S/C14H18N2O3/c1-8-3-4-12-9(2)16(6-5-15(8)12)13(17)10-7-11(10)14(18)19/h3-4,9-11H,5-7H2,1-2H3,(H,18,19). The van der Waals surface area contributed by atoms with Gasteiger partial charge in [0.15, 0.2) is 0 Å². The number of aliphatic carboxylic acids is 1. The van der Waals surface area contributed by atoms with Crippen molar-refractivity contribution in [3.8, 4) is 0 Å². The number of aromatic nitrogens is 1. The first-order valence-electron chi connectivity index (χ1n) is 6.70. The molecular weight excluding hydrogens is 244 g/mol. The van der Waals surface area contributed by atoms with Crippen LogP contribution in [-0.4, -0.2) is 33.0 Å². The Morgan fingerprint density at radius 2 is 2.00 bits per heavy atom. The average Bonchev–Trinajstić information content (AvgIpc) is 3.09. The fourth-order valence-corrected chi connectivity index (χ4v) is 3.08. The molecular formula is C14H18N2O3. The summed E-state index contributed by atoms with van der Waals surface area (Å²) >= 11 is 0. The summed E-state index contributed by atoms with van der Waals surface area (Å²) in [5.74, 6) is -1.61. The number of hydrogen-bond donors (Lipinski definition) is 1. The highest BCUT2D eigenvalue weighted by molar-refractivity contribution is 5.89. The number of carboxylic acids is 1. The average molecular weight is 262 g/mol. The maximum Gasteiger partial charge on any atom is 0.307 e. The van der Waals surface area contributed by atoms with Gasteiger partial charge < -0.3 is 14.6 Å². The molecule has 1 saturated carbocycles. The van der Waals surface area contributed by atoms with Gasteiger partial charge in [-0.05, 0) is 32.4 Å². The molecule has 5 heteroatoms. The van der Waals surface area contributed by atoms with E-state index in [-0.39, 0.29) is 17.9 Å². The van der Waals surface area contributed by atoms with Gasteiger partial charge in [0.05, 0.1) is 17.9 Å². The number of amides is 1. The van der Waals surface area contributed by atoms with E-state index in [2.05, 4.69) is 23.6 Å². The van der Waals surface area contributed by atoms with Crippen LogP contribution in [0.4, 0.5) is 0 Å². The molecule has 0 bridgehead atoms. The molecule has 0 aromatic carbocycles. The van der Waals surface area contributed by atoms with Crippen LogP contribution in [0.2, 0.25) is 0 Å². The van der Waals surface area contributed by atoms with Crippen LogP contribution in [0.3, 0.4) is 0 Å². The smallest absolute Gasteiger partial charge is 0.307 e. The molecule has 1 aromatic heterocycles. The second kappa shape index (κ2) is 4.11. The third-order valence-corrected chi connectivity index (χ3v) is 4.40. The zero-order chi connectivity index (χ0) is 13.7. The van der Waals surface area contributed by atoms with Crippen LogP contribution < -0.4 is 0 Å². The van der Waals surface area contributed by atoms with Crippen LogP contribution in [-0.2, 0) is 16.1 Å².